The highest BCUT2D eigenvalue weighted by atomic mass is 19.4. The molecule has 4 N–H and O–H groups in total. The summed E-state index contributed by atoms with van der Waals surface area (Å²) in [6.07, 6.45) is 4.25. The van der Waals surface area contributed by atoms with Gasteiger partial charge in [0.05, 0.1) is 29.2 Å². The van der Waals surface area contributed by atoms with Crippen molar-refractivity contribution in [1.82, 2.24) is 14.3 Å². The zero-order valence-electron chi connectivity index (χ0n) is 24.3. The van der Waals surface area contributed by atoms with Crippen LogP contribution in [0.3, 0.4) is 0 Å². The second-order valence-corrected chi connectivity index (χ2v) is 10.6. The number of rotatable bonds is 6. The van der Waals surface area contributed by atoms with Crippen LogP contribution in [0.15, 0.2) is 83.9 Å². The van der Waals surface area contributed by atoms with Crippen LogP contribution in [-0.4, -0.2) is 52.6 Å². The standard InChI is InChI=1S/C33H32F3N7O/c1-22-8-9-24(32(44)41-27-6-3-5-25(18-27)33(34,35)36)17-23(22)10-11-29-21-39-31-30(7-4-14-43(29)31)40-28(19-37)20-38-26-12-15-42(2)16-13-26/h3-9,14,17-21,26,40H,12-13,15-16,37H2,1-2H3,(H,41,44). The molecule has 0 aliphatic carbocycles. The second kappa shape index (κ2) is 13.1. The molecule has 0 spiro atoms. The third-order valence-corrected chi connectivity index (χ3v) is 7.38. The Bertz CT molecular complexity index is 1790. The Morgan fingerprint density at radius 3 is 2.64 bits per heavy atom. The Morgan fingerprint density at radius 1 is 1.09 bits per heavy atom. The van der Waals surface area contributed by atoms with E-state index < -0.39 is 17.6 Å². The number of allylic oxidation sites excluding steroid dienone is 1. The highest BCUT2D eigenvalue weighted by Gasteiger charge is 2.30. The van der Waals surface area contributed by atoms with Gasteiger partial charge in [-0.05, 0) is 93.9 Å². The number of anilines is 2. The number of piperidine rings is 1. The molecule has 44 heavy (non-hydrogen) atoms. The fraction of sp³-hybridized carbons (Fsp3) is 0.242. The number of imidazole rings is 1. The van der Waals surface area contributed by atoms with E-state index in [1.165, 1.54) is 18.3 Å². The van der Waals surface area contributed by atoms with Crippen LogP contribution >= 0.6 is 0 Å². The molecule has 0 atom stereocenters. The van der Waals surface area contributed by atoms with Crippen LogP contribution in [0.25, 0.3) is 5.65 Å². The van der Waals surface area contributed by atoms with Crippen molar-refractivity contribution < 1.29 is 18.0 Å². The summed E-state index contributed by atoms with van der Waals surface area (Å²) in [5, 5.41) is 5.84. The number of aromatic nitrogens is 2. The predicted octanol–water partition coefficient (Wildman–Crippen LogP) is 5.69. The van der Waals surface area contributed by atoms with Gasteiger partial charge in [0.25, 0.3) is 5.91 Å². The van der Waals surface area contributed by atoms with E-state index in [0.717, 1.165) is 49.3 Å². The first kappa shape index (κ1) is 30.4. The summed E-state index contributed by atoms with van der Waals surface area (Å²) in [6, 6.07) is 13.5. The van der Waals surface area contributed by atoms with Crippen LogP contribution in [0.5, 0.6) is 0 Å². The van der Waals surface area contributed by atoms with Gasteiger partial charge >= 0.3 is 6.18 Å². The molecule has 5 rings (SSSR count). The molecule has 1 fully saturated rings. The largest absolute Gasteiger partial charge is 0.416 e. The number of aliphatic imine (C=N–C) groups is 1. The number of hydrogen-bond acceptors (Lipinski definition) is 6. The number of aryl methyl sites for hydroxylation is 1. The lowest BCUT2D eigenvalue weighted by Crippen LogP contribution is -2.32. The van der Waals surface area contributed by atoms with Crippen molar-refractivity contribution >= 4 is 29.1 Å². The number of carbonyl (C=O) groups is 1. The highest BCUT2D eigenvalue weighted by Crippen LogP contribution is 2.31. The van der Waals surface area contributed by atoms with E-state index >= 15 is 0 Å². The van der Waals surface area contributed by atoms with Gasteiger partial charge in [0.2, 0.25) is 0 Å². The number of nitrogens with one attached hydrogen (secondary N) is 2. The molecule has 1 amide bonds. The van der Waals surface area contributed by atoms with Gasteiger partial charge < -0.3 is 21.3 Å². The summed E-state index contributed by atoms with van der Waals surface area (Å²) in [5.74, 6) is 5.70. The third kappa shape index (κ3) is 7.27. The van der Waals surface area contributed by atoms with Crippen LogP contribution in [0.2, 0.25) is 0 Å². The Morgan fingerprint density at radius 2 is 1.89 bits per heavy atom. The average molecular weight is 600 g/mol. The van der Waals surface area contributed by atoms with Crippen molar-refractivity contribution in [1.29, 1.82) is 0 Å². The molecule has 2 aromatic heterocycles. The maximum atomic E-state index is 13.1. The van der Waals surface area contributed by atoms with Crippen LogP contribution in [-0.2, 0) is 6.18 Å². The Kier molecular flexibility index (Phi) is 9.01. The molecule has 11 heteroatoms. The maximum Gasteiger partial charge on any atom is 0.416 e. The normalized spacial score (nSPS) is 14.9. The van der Waals surface area contributed by atoms with Gasteiger partial charge in [-0.15, -0.1) is 0 Å². The van der Waals surface area contributed by atoms with Gasteiger partial charge in [0.15, 0.2) is 5.65 Å². The number of pyridine rings is 1. The zero-order valence-corrected chi connectivity index (χ0v) is 24.3. The molecular weight excluding hydrogens is 567 g/mol. The van der Waals surface area contributed by atoms with Crippen molar-refractivity contribution in [3.8, 4) is 11.8 Å². The van der Waals surface area contributed by atoms with E-state index in [1.807, 2.05) is 29.7 Å². The molecule has 2 aromatic carbocycles. The monoisotopic (exact) mass is 599 g/mol. The van der Waals surface area contributed by atoms with Crippen LogP contribution < -0.4 is 16.4 Å². The summed E-state index contributed by atoms with van der Waals surface area (Å²) in [4.78, 5) is 24.4. The topological polar surface area (TPSA) is 100 Å². The van der Waals surface area contributed by atoms with E-state index in [4.69, 9.17) is 10.7 Å². The summed E-state index contributed by atoms with van der Waals surface area (Å²) in [5.41, 5.74) is 9.47. The van der Waals surface area contributed by atoms with E-state index in [-0.39, 0.29) is 17.3 Å². The van der Waals surface area contributed by atoms with Gasteiger partial charge in [-0.25, -0.2) is 4.98 Å². The van der Waals surface area contributed by atoms with E-state index in [2.05, 4.69) is 39.4 Å². The van der Waals surface area contributed by atoms with Gasteiger partial charge in [-0.3, -0.25) is 14.2 Å². The van der Waals surface area contributed by atoms with Crippen molar-refractivity contribution in [2.45, 2.75) is 32.0 Å². The first-order valence-corrected chi connectivity index (χ1v) is 14.1. The quantitative estimate of drug-likeness (QED) is 0.195. The molecule has 8 nitrogen and oxygen atoms in total. The number of carbonyl (C=O) groups excluding carboxylic acids is 1. The Balaban J connectivity index is 1.32. The molecule has 1 aliphatic rings. The number of alkyl halides is 3. The fourth-order valence-electron chi connectivity index (χ4n) is 4.81. The first-order valence-electron chi connectivity index (χ1n) is 14.1. The minimum absolute atomic E-state index is 0.0499. The zero-order chi connectivity index (χ0) is 31.3. The van der Waals surface area contributed by atoms with Gasteiger partial charge in [0.1, 0.15) is 5.69 Å². The molecule has 1 aliphatic heterocycles. The van der Waals surface area contributed by atoms with Crippen molar-refractivity contribution in [3.63, 3.8) is 0 Å². The predicted molar refractivity (Wildman–Crippen MR) is 167 cm³/mol. The molecule has 226 valence electrons. The molecule has 0 bridgehead atoms. The SMILES string of the molecule is Cc1ccc(C(=O)Nc2cccc(C(F)(F)F)c2)cc1C#Cc1cnc2c(NC(C=NC3CCN(C)CC3)=CN)cccn12. The maximum absolute atomic E-state index is 13.1. The van der Waals surface area contributed by atoms with Crippen LogP contribution in [0.1, 0.15) is 45.6 Å². The summed E-state index contributed by atoms with van der Waals surface area (Å²) in [7, 11) is 2.11. The molecule has 0 unspecified atom stereocenters. The van der Waals surface area contributed by atoms with Gasteiger partial charge in [-0.1, -0.05) is 18.1 Å². The molecule has 0 saturated carbocycles. The summed E-state index contributed by atoms with van der Waals surface area (Å²) < 4.78 is 41.1. The van der Waals surface area contributed by atoms with Gasteiger partial charge in [0, 0.05) is 35.4 Å². The average Bonchev–Trinajstić information content (AvgIpc) is 3.43. The molecule has 1 saturated heterocycles. The molecule has 4 aromatic rings. The van der Waals surface area contributed by atoms with Crippen LogP contribution in [0.4, 0.5) is 24.5 Å². The minimum Gasteiger partial charge on any atom is -0.403 e. The number of nitrogens with zero attached hydrogens (tertiary/aromatic N) is 4. The fourth-order valence-corrected chi connectivity index (χ4v) is 4.81. The van der Waals surface area contributed by atoms with Crippen molar-refractivity contribution in [3.05, 3.63) is 107 Å². The summed E-state index contributed by atoms with van der Waals surface area (Å²) in [6.45, 7) is 3.90. The second-order valence-electron chi connectivity index (χ2n) is 10.6. The number of hydrogen-bond donors (Lipinski definition) is 3. The number of fused-ring (bicyclic) bond motifs is 1. The number of nitrogens with two attached hydrogens (primary N) is 1. The number of benzene rings is 2. The lowest BCUT2D eigenvalue weighted by Gasteiger charge is -2.26. The molecule has 3 heterocycles. The lowest BCUT2D eigenvalue weighted by atomic mass is 10.0. The van der Waals surface area contributed by atoms with Crippen molar-refractivity contribution in [2.24, 2.45) is 10.7 Å². The highest BCUT2D eigenvalue weighted by molar-refractivity contribution is 6.04. The van der Waals surface area contributed by atoms with Gasteiger partial charge in [-0.2, -0.15) is 13.2 Å². The molecular formula is C33H32F3N7O. The Labute approximate surface area is 253 Å². The number of amides is 1. The lowest BCUT2D eigenvalue weighted by molar-refractivity contribution is -0.137. The minimum atomic E-state index is -4.51. The third-order valence-electron chi connectivity index (χ3n) is 7.38. The van der Waals surface area contributed by atoms with Crippen LogP contribution in [0, 0.1) is 18.8 Å². The molecule has 0 radical (unpaired) electrons. The Hall–Kier alpha value is -5.08. The van der Waals surface area contributed by atoms with E-state index in [0.29, 0.717) is 22.6 Å². The first-order chi connectivity index (χ1) is 21.1. The van der Waals surface area contributed by atoms with Crippen molar-refractivity contribution in [2.75, 3.05) is 30.8 Å². The van der Waals surface area contributed by atoms with E-state index in [9.17, 15) is 18.0 Å². The number of likely N-dealkylation sites (tertiary alicyclic amines) is 1. The summed E-state index contributed by atoms with van der Waals surface area (Å²) >= 11 is 0. The van der Waals surface area contributed by atoms with E-state index in [1.54, 1.807) is 30.6 Å². The number of halogens is 3. The smallest absolute Gasteiger partial charge is 0.403 e.